The van der Waals surface area contributed by atoms with E-state index in [0.717, 1.165) is 16.1 Å². The number of allylic oxidation sites excluding steroid dienone is 1. The van der Waals surface area contributed by atoms with E-state index in [1.54, 1.807) is 6.08 Å². The number of Topliss-reactive ketones (excluding diaryl/α,β-unsaturated/α-hetero) is 1. The van der Waals surface area contributed by atoms with Gasteiger partial charge in [0.05, 0.1) is 10.5 Å². The van der Waals surface area contributed by atoms with Gasteiger partial charge < -0.3 is 4.42 Å². The fourth-order valence-electron chi connectivity index (χ4n) is 1.44. The van der Waals surface area contributed by atoms with E-state index in [-0.39, 0.29) is 10.2 Å². The maximum atomic E-state index is 12.0. The lowest BCUT2D eigenvalue weighted by Gasteiger charge is -1.97. The van der Waals surface area contributed by atoms with Crippen molar-refractivity contribution >= 4 is 49.6 Å². The molecule has 0 fully saturated rings. The molecule has 1 heterocycles. The summed E-state index contributed by atoms with van der Waals surface area (Å²) in [7, 11) is 0. The molecule has 20 heavy (non-hydrogen) atoms. The summed E-state index contributed by atoms with van der Waals surface area (Å²) in [5.41, 5.74) is 0.814. The molecule has 0 unspecified atom stereocenters. The van der Waals surface area contributed by atoms with Gasteiger partial charge in [-0.15, -0.1) is 0 Å². The van der Waals surface area contributed by atoms with Gasteiger partial charge in [0, 0.05) is 4.47 Å². The lowest BCUT2D eigenvalue weighted by Crippen LogP contribution is -1.96. The standard InChI is InChI=1S/C13H7Br2NO4/c14-9-3-1-8(2-4-9)7-10(15)13(17)11-5-6-12(20-11)16(18)19/h1-7H. The Morgan fingerprint density at radius 3 is 2.40 bits per heavy atom. The highest BCUT2D eigenvalue weighted by molar-refractivity contribution is 9.12. The number of nitro groups is 1. The van der Waals surface area contributed by atoms with Crippen molar-refractivity contribution < 1.29 is 14.1 Å². The van der Waals surface area contributed by atoms with E-state index in [0.29, 0.717) is 0 Å². The SMILES string of the molecule is O=C(C(Br)=Cc1ccc(Br)cc1)c1ccc([N+](=O)[O-])o1. The number of carbonyl (C=O) groups excluding carboxylic acids is 1. The fraction of sp³-hybridized carbons (Fsp3) is 0. The van der Waals surface area contributed by atoms with Gasteiger partial charge >= 0.3 is 5.88 Å². The second-order valence-electron chi connectivity index (χ2n) is 3.77. The summed E-state index contributed by atoms with van der Waals surface area (Å²) in [6, 6.07) is 9.75. The van der Waals surface area contributed by atoms with Gasteiger partial charge in [-0.25, -0.2) is 0 Å². The average molecular weight is 401 g/mol. The molecule has 0 aliphatic carbocycles. The van der Waals surface area contributed by atoms with Crippen LogP contribution in [0.2, 0.25) is 0 Å². The van der Waals surface area contributed by atoms with Crippen LogP contribution in [0.15, 0.2) is 49.8 Å². The molecule has 0 aliphatic heterocycles. The maximum absolute atomic E-state index is 12.0. The van der Waals surface area contributed by atoms with Crippen molar-refractivity contribution in [1.29, 1.82) is 0 Å². The minimum atomic E-state index is -0.691. The monoisotopic (exact) mass is 399 g/mol. The highest BCUT2D eigenvalue weighted by atomic mass is 79.9. The Kier molecular flexibility index (Phi) is 4.51. The van der Waals surface area contributed by atoms with E-state index in [1.807, 2.05) is 24.3 Å². The third-order valence-corrected chi connectivity index (χ3v) is 3.49. The van der Waals surface area contributed by atoms with Crippen LogP contribution in [0, 0.1) is 10.1 Å². The molecule has 0 saturated heterocycles. The van der Waals surface area contributed by atoms with Crippen LogP contribution in [0.4, 0.5) is 5.88 Å². The summed E-state index contributed by atoms with van der Waals surface area (Å²) < 4.78 is 6.04. The molecule has 0 aliphatic rings. The fourth-order valence-corrected chi connectivity index (χ4v) is 2.16. The third-order valence-electron chi connectivity index (χ3n) is 2.38. The first-order chi connectivity index (χ1) is 9.47. The number of furan rings is 1. The molecule has 0 spiro atoms. The van der Waals surface area contributed by atoms with E-state index in [1.165, 1.54) is 6.07 Å². The molecule has 5 nitrogen and oxygen atoms in total. The first kappa shape index (κ1) is 14.7. The largest absolute Gasteiger partial charge is 0.433 e. The van der Waals surface area contributed by atoms with Crippen molar-refractivity contribution in [3.05, 3.63) is 66.8 Å². The lowest BCUT2D eigenvalue weighted by molar-refractivity contribution is -0.402. The minimum absolute atomic E-state index is 0.0862. The molecule has 0 N–H and O–H groups in total. The smallest absolute Gasteiger partial charge is 0.397 e. The normalized spacial score (nSPS) is 11.4. The van der Waals surface area contributed by atoms with Crippen LogP contribution in [-0.2, 0) is 0 Å². The Morgan fingerprint density at radius 1 is 1.20 bits per heavy atom. The summed E-state index contributed by atoms with van der Waals surface area (Å²) in [6.07, 6.45) is 1.61. The Balaban J connectivity index is 2.23. The Morgan fingerprint density at radius 2 is 1.85 bits per heavy atom. The number of rotatable bonds is 4. The Hall–Kier alpha value is -1.73. The maximum Gasteiger partial charge on any atom is 0.433 e. The van der Waals surface area contributed by atoms with Gasteiger partial charge in [-0.1, -0.05) is 28.1 Å². The number of carbonyl (C=O) groups is 1. The molecule has 0 bridgehead atoms. The molecule has 0 atom stereocenters. The third kappa shape index (κ3) is 3.43. The number of hydrogen-bond donors (Lipinski definition) is 0. The van der Waals surface area contributed by atoms with Crippen LogP contribution in [0.5, 0.6) is 0 Å². The summed E-state index contributed by atoms with van der Waals surface area (Å²) in [6.45, 7) is 0. The molecule has 0 radical (unpaired) electrons. The van der Waals surface area contributed by atoms with Crippen LogP contribution in [0.25, 0.3) is 6.08 Å². The van der Waals surface area contributed by atoms with Crippen molar-refractivity contribution in [2.75, 3.05) is 0 Å². The minimum Gasteiger partial charge on any atom is -0.397 e. The van der Waals surface area contributed by atoms with E-state index >= 15 is 0 Å². The molecule has 2 rings (SSSR count). The number of ketones is 1. The number of nitrogens with zero attached hydrogens (tertiary/aromatic N) is 1. The summed E-state index contributed by atoms with van der Waals surface area (Å²) in [4.78, 5) is 21.8. The zero-order valence-corrected chi connectivity index (χ0v) is 13.0. The Labute approximate surface area is 130 Å². The molecule has 0 amide bonds. The highest BCUT2D eigenvalue weighted by Gasteiger charge is 2.19. The van der Waals surface area contributed by atoms with E-state index in [4.69, 9.17) is 4.42 Å². The molecular weight excluding hydrogens is 394 g/mol. The molecule has 2 aromatic rings. The van der Waals surface area contributed by atoms with Gasteiger partial charge in [-0.2, -0.15) is 0 Å². The van der Waals surface area contributed by atoms with Crippen molar-refractivity contribution in [2.45, 2.75) is 0 Å². The van der Waals surface area contributed by atoms with E-state index in [9.17, 15) is 14.9 Å². The first-order valence-electron chi connectivity index (χ1n) is 5.39. The summed E-state index contributed by atoms with van der Waals surface area (Å²) in [5.74, 6) is -1.00. The first-order valence-corrected chi connectivity index (χ1v) is 6.97. The van der Waals surface area contributed by atoms with Crippen molar-refractivity contribution in [2.24, 2.45) is 0 Å². The second kappa shape index (κ2) is 6.15. The second-order valence-corrected chi connectivity index (χ2v) is 5.54. The molecule has 1 aromatic heterocycles. The lowest BCUT2D eigenvalue weighted by atomic mass is 10.2. The van der Waals surface area contributed by atoms with Crippen molar-refractivity contribution in [3.63, 3.8) is 0 Å². The van der Waals surface area contributed by atoms with Gasteiger partial charge in [-0.3, -0.25) is 14.9 Å². The zero-order valence-electron chi connectivity index (χ0n) is 9.88. The molecule has 0 saturated carbocycles. The number of benzene rings is 1. The quantitative estimate of drug-likeness (QED) is 0.326. The summed E-state index contributed by atoms with van der Waals surface area (Å²) >= 11 is 6.47. The van der Waals surface area contributed by atoms with Gasteiger partial charge in [-0.05, 0) is 45.8 Å². The van der Waals surface area contributed by atoms with Crippen molar-refractivity contribution in [3.8, 4) is 0 Å². The number of halogens is 2. The van der Waals surface area contributed by atoms with Gasteiger partial charge in [0.25, 0.3) is 0 Å². The molecule has 102 valence electrons. The molecular formula is C13H7Br2NO4. The highest BCUT2D eigenvalue weighted by Crippen LogP contribution is 2.23. The average Bonchev–Trinajstić information content (AvgIpc) is 2.90. The van der Waals surface area contributed by atoms with Crippen LogP contribution in [-0.4, -0.2) is 10.7 Å². The molecule has 1 aromatic carbocycles. The van der Waals surface area contributed by atoms with Gasteiger partial charge in [0.15, 0.2) is 5.76 Å². The van der Waals surface area contributed by atoms with Crippen LogP contribution in [0.1, 0.15) is 16.1 Å². The summed E-state index contributed by atoms with van der Waals surface area (Å²) in [5, 5.41) is 10.5. The van der Waals surface area contributed by atoms with Gasteiger partial charge in [0.2, 0.25) is 5.78 Å². The zero-order chi connectivity index (χ0) is 14.7. The van der Waals surface area contributed by atoms with Gasteiger partial charge in [0.1, 0.15) is 4.92 Å². The van der Waals surface area contributed by atoms with E-state index < -0.39 is 16.6 Å². The van der Waals surface area contributed by atoms with Crippen molar-refractivity contribution in [1.82, 2.24) is 0 Å². The van der Waals surface area contributed by atoms with Crippen LogP contribution >= 0.6 is 31.9 Å². The predicted octanol–water partition coefficient (Wildman–Crippen LogP) is 4.57. The van der Waals surface area contributed by atoms with Crippen LogP contribution in [0.3, 0.4) is 0 Å². The molecule has 7 heteroatoms. The Bertz CT molecular complexity index is 689. The van der Waals surface area contributed by atoms with Crippen LogP contribution < -0.4 is 0 Å². The van der Waals surface area contributed by atoms with E-state index in [2.05, 4.69) is 31.9 Å². The number of hydrogen-bond acceptors (Lipinski definition) is 4. The predicted molar refractivity (Wildman–Crippen MR) is 80.7 cm³/mol. The topological polar surface area (TPSA) is 73.3 Å².